The third-order valence-corrected chi connectivity index (χ3v) is 4.30. The van der Waals surface area contributed by atoms with E-state index in [4.69, 9.17) is 9.47 Å². The maximum atomic E-state index is 11.9. The highest BCUT2D eigenvalue weighted by Gasteiger charge is 2.25. The van der Waals surface area contributed by atoms with Gasteiger partial charge in [0.15, 0.2) is 6.29 Å². The lowest BCUT2D eigenvalue weighted by molar-refractivity contribution is -0.120. The second kappa shape index (κ2) is 7.11. The summed E-state index contributed by atoms with van der Waals surface area (Å²) in [5, 5.41) is 2.94. The van der Waals surface area contributed by atoms with Crippen LogP contribution < -0.4 is 5.32 Å². The lowest BCUT2D eigenvalue weighted by atomic mass is 10.2. The molecule has 110 valence electrons. The molecule has 1 aliphatic rings. The molecule has 1 N–H and O–H groups in total. The molecule has 1 atom stereocenters. The molecule has 0 bridgehead atoms. The van der Waals surface area contributed by atoms with Crippen molar-refractivity contribution >= 4 is 17.7 Å². The molecule has 1 aromatic carbocycles. The van der Waals surface area contributed by atoms with E-state index in [9.17, 15) is 4.79 Å². The van der Waals surface area contributed by atoms with E-state index >= 15 is 0 Å². The van der Waals surface area contributed by atoms with Gasteiger partial charge < -0.3 is 14.8 Å². The highest BCUT2D eigenvalue weighted by molar-refractivity contribution is 8.00. The summed E-state index contributed by atoms with van der Waals surface area (Å²) in [5.41, 5.74) is 0.967. The van der Waals surface area contributed by atoms with Crippen LogP contribution in [0.3, 0.4) is 0 Å². The van der Waals surface area contributed by atoms with E-state index < -0.39 is 0 Å². The third-order valence-electron chi connectivity index (χ3n) is 3.19. The first kappa shape index (κ1) is 15.4. The number of hydrogen-bond donors (Lipinski definition) is 1. The highest BCUT2D eigenvalue weighted by atomic mass is 32.2. The summed E-state index contributed by atoms with van der Waals surface area (Å²) >= 11 is 1.56. The van der Waals surface area contributed by atoms with E-state index in [1.807, 2.05) is 31.2 Å². The number of rotatable bonds is 7. The van der Waals surface area contributed by atoms with Gasteiger partial charge in [0.1, 0.15) is 0 Å². The van der Waals surface area contributed by atoms with E-state index in [0.717, 1.165) is 23.3 Å². The molecule has 1 fully saturated rings. The molecule has 0 saturated heterocycles. The zero-order valence-electron chi connectivity index (χ0n) is 12.1. The molecule has 20 heavy (non-hydrogen) atoms. The molecular weight excluding hydrogens is 274 g/mol. The first-order chi connectivity index (χ1) is 9.63. The molecular formula is C15H21NO3S. The van der Waals surface area contributed by atoms with Gasteiger partial charge in [-0.3, -0.25) is 4.79 Å². The number of ether oxygens (including phenoxy) is 2. The number of methoxy groups -OCH3 is 2. The summed E-state index contributed by atoms with van der Waals surface area (Å²) < 4.78 is 10.4. The molecule has 0 heterocycles. The molecule has 2 rings (SSSR count). The van der Waals surface area contributed by atoms with Gasteiger partial charge in [0.25, 0.3) is 0 Å². The minimum absolute atomic E-state index is 0.0814. The van der Waals surface area contributed by atoms with Gasteiger partial charge in [-0.25, -0.2) is 0 Å². The standard InChI is InChI=1S/C15H21NO3S/c1-10(14(17)16-12-6-7-12)20-13-8-4-11(5-9-13)15(18-2)19-3/h4-5,8-10,12,15H,6-7H2,1-3H3,(H,16,17). The zero-order chi connectivity index (χ0) is 14.5. The Bertz CT molecular complexity index is 441. The van der Waals surface area contributed by atoms with Crippen molar-refractivity contribution in [1.82, 2.24) is 5.32 Å². The van der Waals surface area contributed by atoms with Crippen LogP contribution in [0.2, 0.25) is 0 Å². The van der Waals surface area contributed by atoms with Crippen LogP contribution in [-0.4, -0.2) is 31.4 Å². The molecule has 0 radical (unpaired) electrons. The fraction of sp³-hybridized carbons (Fsp3) is 0.533. The van der Waals surface area contributed by atoms with Crippen LogP contribution in [0.4, 0.5) is 0 Å². The largest absolute Gasteiger partial charge is 0.352 e. The molecule has 1 amide bonds. The van der Waals surface area contributed by atoms with Crippen LogP contribution in [0.15, 0.2) is 29.2 Å². The molecule has 1 aliphatic carbocycles. The lowest BCUT2D eigenvalue weighted by Crippen LogP contribution is -2.32. The van der Waals surface area contributed by atoms with Crippen LogP contribution in [0.1, 0.15) is 31.6 Å². The predicted octanol–water partition coefficient (Wildman–Crippen LogP) is 2.74. The maximum absolute atomic E-state index is 11.9. The molecule has 5 heteroatoms. The first-order valence-corrected chi connectivity index (χ1v) is 7.64. The Balaban J connectivity index is 1.90. The van der Waals surface area contributed by atoms with Gasteiger partial charge in [-0.15, -0.1) is 11.8 Å². The van der Waals surface area contributed by atoms with E-state index in [0.29, 0.717) is 6.04 Å². The molecule has 0 aliphatic heterocycles. The second-order valence-corrected chi connectivity index (χ2v) is 6.33. The summed E-state index contributed by atoms with van der Waals surface area (Å²) in [6.45, 7) is 1.93. The van der Waals surface area contributed by atoms with Crippen molar-refractivity contribution in [3.05, 3.63) is 29.8 Å². The minimum atomic E-state index is -0.343. The van der Waals surface area contributed by atoms with Crippen LogP contribution >= 0.6 is 11.8 Å². The van der Waals surface area contributed by atoms with Crippen molar-refractivity contribution in [1.29, 1.82) is 0 Å². The van der Waals surface area contributed by atoms with Gasteiger partial charge in [-0.05, 0) is 31.9 Å². The predicted molar refractivity (Wildman–Crippen MR) is 79.7 cm³/mol. The Morgan fingerprint density at radius 3 is 2.35 bits per heavy atom. The first-order valence-electron chi connectivity index (χ1n) is 6.76. The van der Waals surface area contributed by atoms with Crippen molar-refractivity contribution in [3.8, 4) is 0 Å². The normalized spacial score (nSPS) is 16.2. The Morgan fingerprint density at radius 2 is 1.85 bits per heavy atom. The monoisotopic (exact) mass is 295 g/mol. The van der Waals surface area contributed by atoms with E-state index in [1.54, 1.807) is 26.0 Å². The van der Waals surface area contributed by atoms with E-state index in [-0.39, 0.29) is 17.4 Å². The molecule has 1 aromatic rings. The zero-order valence-corrected chi connectivity index (χ0v) is 12.9. The number of thioether (sulfide) groups is 1. The number of carbonyl (C=O) groups is 1. The highest BCUT2D eigenvalue weighted by Crippen LogP contribution is 2.27. The number of amides is 1. The average Bonchev–Trinajstić information content (AvgIpc) is 3.26. The summed E-state index contributed by atoms with van der Waals surface area (Å²) in [7, 11) is 3.22. The fourth-order valence-corrected chi connectivity index (χ4v) is 2.75. The van der Waals surface area contributed by atoms with Crippen LogP contribution in [0, 0.1) is 0 Å². The Morgan fingerprint density at radius 1 is 1.25 bits per heavy atom. The lowest BCUT2D eigenvalue weighted by Gasteiger charge is -2.15. The number of hydrogen-bond acceptors (Lipinski definition) is 4. The van der Waals surface area contributed by atoms with E-state index in [1.165, 1.54) is 0 Å². The van der Waals surface area contributed by atoms with Crippen LogP contribution in [0.5, 0.6) is 0 Å². The molecule has 0 spiro atoms. The SMILES string of the molecule is COC(OC)c1ccc(SC(C)C(=O)NC2CC2)cc1. The topological polar surface area (TPSA) is 47.6 Å². The Hall–Kier alpha value is -1.04. The van der Waals surface area contributed by atoms with Gasteiger partial charge >= 0.3 is 0 Å². The van der Waals surface area contributed by atoms with Crippen molar-refractivity contribution in [2.45, 2.75) is 42.2 Å². The van der Waals surface area contributed by atoms with Crippen LogP contribution in [0.25, 0.3) is 0 Å². The number of benzene rings is 1. The second-order valence-electron chi connectivity index (χ2n) is 4.92. The van der Waals surface area contributed by atoms with Crippen molar-refractivity contribution in [2.75, 3.05) is 14.2 Å². The fourth-order valence-electron chi connectivity index (χ4n) is 1.88. The van der Waals surface area contributed by atoms with Gasteiger partial charge in [-0.1, -0.05) is 12.1 Å². The van der Waals surface area contributed by atoms with E-state index in [2.05, 4.69) is 5.32 Å². The number of carbonyl (C=O) groups excluding carboxylic acids is 1. The summed E-state index contributed by atoms with van der Waals surface area (Å²) in [6.07, 6.45) is 1.89. The molecule has 1 saturated carbocycles. The summed E-state index contributed by atoms with van der Waals surface area (Å²) in [6, 6.07) is 8.33. The van der Waals surface area contributed by atoms with Gasteiger partial charge in [0.2, 0.25) is 5.91 Å². The third kappa shape index (κ3) is 4.23. The molecule has 4 nitrogen and oxygen atoms in total. The van der Waals surface area contributed by atoms with Gasteiger partial charge in [-0.2, -0.15) is 0 Å². The Labute approximate surface area is 124 Å². The maximum Gasteiger partial charge on any atom is 0.233 e. The van der Waals surface area contributed by atoms with Crippen molar-refractivity contribution < 1.29 is 14.3 Å². The van der Waals surface area contributed by atoms with Crippen LogP contribution in [-0.2, 0) is 14.3 Å². The molecule has 0 aromatic heterocycles. The van der Waals surface area contributed by atoms with Gasteiger partial charge in [0, 0.05) is 30.7 Å². The summed E-state index contributed by atoms with van der Waals surface area (Å²) in [5.74, 6) is 0.119. The summed E-state index contributed by atoms with van der Waals surface area (Å²) in [4.78, 5) is 13.0. The minimum Gasteiger partial charge on any atom is -0.352 e. The molecule has 1 unspecified atom stereocenters. The Kier molecular flexibility index (Phi) is 5.46. The van der Waals surface area contributed by atoms with Crippen molar-refractivity contribution in [2.24, 2.45) is 0 Å². The van der Waals surface area contributed by atoms with Gasteiger partial charge in [0.05, 0.1) is 5.25 Å². The quantitative estimate of drug-likeness (QED) is 0.620. The number of nitrogens with one attached hydrogen (secondary N) is 1. The smallest absolute Gasteiger partial charge is 0.233 e. The average molecular weight is 295 g/mol. The van der Waals surface area contributed by atoms with Crippen molar-refractivity contribution in [3.63, 3.8) is 0 Å².